The number of primary amides is 1. The molecule has 28 heavy (non-hydrogen) atoms. The van der Waals surface area contributed by atoms with E-state index in [4.69, 9.17) is 5.73 Å². The first-order chi connectivity index (χ1) is 12.9. The monoisotopic (exact) mass is 404 g/mol. The van der Waals surface area contributed by atoms with E-state index in [-0.39, 0.29) is 5.56 Å². The minimum Gasteiger partial charge on any atom is -0.468 e. The number of amides is 2. The van der Waals surface area contributed by atoms with Gasteiger partial charge in [0.25, 0.3) is 5.91 Å². The first-order valence-electron chi connectivity index (χ1n) is 7.87. The Kier molecular flexibility index (Phi) is 7.53. The van der Waals surface area contributed by atoms with E-state index in [9.17, 15) is 32.3 Å². The van der Waals surface area contributed by atoms with Gasteiger partial charge < -0.3 is 20.5 Å². The first kappa shape index (κ1) is 22.9. The van der Waals surface area contributed by atoms with Crippen LogP contribution in [0.3, 0.4) is 0 Å². The van der Waals surface area contributed by atoms with Gasteiger partial charge in [0.15, 0.2) is 5.92 Å². The standard InChI is InChI=1S/C17H19F3N2O6/c1-8(11(15(25)27-2)16(26)28-3)12(13(21)23)22-14(24)9-5-4-6-10(7-9)17(18,19)20/h4-8,11-12H,1-3H3,(H2,21,23)(H,22,24)/t8-,12-/m0/s1. The van der Waals surface area contributed by atoms with Crippen LogP contribution in [0.5, 0.6) is 0 Å². The van der Waals surface area contributed by atoms with Crippen LogP contribution in [0.2, 0.25) is 0 Å². The summed E-state index contributed by atoms with van der Waals surface area (Å²) in [6.07, 6.45) is -4.67. The Morgan fingerprint density at radius 2 is 1.61 bits per heavy atom. The topological polar surface area (TPSA) is 125 Å². The summed E-state index contributed by atoms with van der Waals surface area (Å²) in [6.45, 7) is 1.26. The largest absolute Gasteiger partial charge is 0.468 e. The average Bonchev–Trinajstić information content (AvgIpc) is 2.64. The Labute approximate surface area is 158 Å². The molecule has 0 unspecified atom stereocenters. The number of carbonyl (C=O) groups excluding carboxylic acids is 4. The molecule has 3 N–H and O–H groups in total. The van der Waals surface area contributed by atoms with Gasteiger partial charge in [0.1, 0.15) is 6.04 Å². The number of halogens is 3. The van der Waals surface area contributed by atoms with Crippen LogP contribution in [0.15, 0.2) is 24.3 Å². The van der Waals surface area contributed by atoms with Crippen molar-refractivity contribution in [1.82, 2.24) is 5.32 Å². The third-order valence-corrected chi connectivity index (χ3v) is 4.01. The Hall–Kier alpha value is -3.11. The molecule has 154 valence electrons. The molecule has 2 atom stereocenters. The van der Waals surface area contributed by atoms with Crippen LogP contribution >= 0.6 is 0 Å². The highest BCUT2D eigenvalue weighted by Gasteiger charge is 2.41. The molecule has 1 aromatic carbocycles. The van der Waals surface area contributed by atoms with Crippen LogP contribution in [0.1, 0.15) is 22.8 Å². The van der Waals surface area contributed by atoms with E-state index in [1.807, 2.05) is 0 Å². The third-order valence-electron chi connectivity index (χ3n) is 4.01. The van der Waals surface area contributed by atoms with Crippen LogP contribution < -0.4 is 11.1 Å². The van der Waals surface area contributed by atoms with Gasteiger partial charge in [-0.2, -0.15) is 13.2 Å². The lowest BCUT2D eigenvalue weighted by Gasteiger charge is -2.26. The zero-order valence-corrected chi connectivity index (χ0v) is 15.2. The van der Waals surface area contributed by atoms with Crippen LogP contribution in [0.25, 0.3) is 0 Å². The molecule has 11 heteroatoms. The van der Waals surface area contributed by atoms with Gasteiger partial charge in [0.05, 0.1) is 19.8 Å². The number of ether oxygens (including phenoxy) is 2. The van der Waals surface area contributed by atoms with Gasteiger partial charge in [-0.1, -0.05) is 13.0 Å². The van der Waals surface area contributed by atoms with E-state index in [1.54, 1.807) is 0 Å². The van der Waals surface area contributed by atoms with Crippen molar-refractivity contribution in [2.45, 2.75) is 19.1 Å². The molecule has 0 saturated carbocycles. The Balaban J connectivity index is 3.16. The summed E-state index contributed by atoms with van der Waals surface area (Å²) in [7, 11) is 2.01. The van der Waals surface area contributed by atoms with E-state index in [0.29, 0.717) is 6.07 Å². The van der Waals surface area contributed by atoms with Crippen molar-refractivity contribution in [3.63, 3.8) is 0 Å². The normalized spacial score (nSPS) is 13.4. The molecule has 8 nitrogen and oxygen atoms in total. The number of hydrogen-bond acceptors (Lipinski definition) is 6. The Morgan fingerprint density at radius 1 is 1.07 bits per heavy atom. The van der Waals surface area contributed by atoms with Gasteiger partial charge in [-0.15, -0.1) is 0 Å². The van der Waals surface area contributed by atoms with Crippen molar-refractivity contribution in [3.05, 3.63) is 35.4 Å². The maximum absolute atomic E-state index is 12.8. The molecule has 2 amide bonds. The van der Waals surface area contributed by atoms with E-state index in [1.165, 1.54) is 6.92 Å². The van der Waals surface area contributed by atoms with Crippen LogP contribution in [0, 0.1) is 11.8 Å². The minimum absolute atomic E-state index is 0.388. The van der Waals surface area contributed by atoms with Crippen molar-refractivity contribution in [2.75, 3.05) is 14.2 Å². The van der Waals surface area contributed by atoms with Crippen LogP contribution in [-0.4, -0.2) is 44.0 Å². The zero-order valence-electron chi connectivity index (χ0n) is 15.2. The molecule has 0 saturated heterocycles. The fourth-order valence-corrected chi connectivity index (χ4v) is 2.49. The summed E-state index contributed by atoms with van der Waals surface area (Å²) in [5.41, 5.74) is 3.79. The van der Waals surface area contributed by atoms with Gasteiger partial charge >= 0.3 is 18.1 Å². The summed E-state index contributed by atoms with van der Waals surface area (Å²) in [6, 6.07) is 1.92. The summed E-state index contributed by atoms with van der Waals surface area (Å²) < 4.78 is 47.4. The van der Waals surface area contributed by atoms with E-state index >= 15 is 0 Å². The fourth-order valence-electron chi connectivity index (χ4n) is 2.49. The molecule has 0 fully saturated rings. The molecule has 0 bridgehead atoms. The zero-order chi connectivity index (χ0) is 21.6. The molecule has 0 aromatic heterocycles. The molecule has 0 aliphatic rings. The number of esters is 2. The number of hydrogen-bond donors (Lipinski definition) is 2. The van der Waals surface area contributed by atoms with Crippen molar-refractivity contribution in [2.24, 2.45) is 17.6 Å². The molecule has 0 radical (unpaired) electrons. The van der Waals surface area contributed by atoms with Crippen LogP contribution in [0.4, 0.5) is 13.2 Å². The van der Waals surface area contributed by atoms with Crippen molar-refractivity contribution < 1.29 is 41.8 Å². The lowest BCUT2D eigenvalue weighted by Crippen LogP contribution is -2.52. The van der Waals surface area contributed by atoms with Crippen molar-refractivity contribution in [1.29, 1.82) is 0 Å². The average molecular weight is 404 g/mol. The Morgan fingerprint density at radius 3 is 2.04 bits per heavy atom. The molecule has 0 heterocycles. The number of methoxy groups -OCH3 is 2. The Bertz CT molecular complexity index is 750. The molecule has 0 spiro atoms. The highest BCUT2D eigenvalue weighted by molar-refractivity contribution is 5.99. The molecule has 1 rings (SSSR count). The second-order valence-electron chi connectivity index (χ2n) is 5.82. The number of rotatable bonds is 7. The quantitative estimate of drug-likeness (QED) is 0.514. The molecule has 0 aliphatic heterocycles. The maximum Gasteiger partial charge on any atom is 0.416 e. The highest BCUT2D eigenvalue weighted by atomic mass is 19.4. The summed E-state index contributed by atoms with van der Waals surface area (Å²) in [4.78, 5) is 47.9. The summed E-state index contributed by atoms with van der Waals surface area (Å²) >= 11 is 0. The first-order valence-corrected chi connectivity index (χ1v) is 7.87. The second kappa shape index (κ2) is 9.20. The molecule has 0 aliphatic carbocycles. The van der Waals surface area contributed by atoms with E-state index < -0.39 is 53.4 Å². The number of nitrogens with one attached hydrogen (secondary N) is 1. The third kappa shape index (κ3) is 5.44. The lowest BCUT2D eigenvalue weighted by atomic mass is 9.86. The molecular weight excluding hydrogens is 385 g/mol. The summed E-state index contributed by atoms with van der Waals surface area (Å²) in [5, 5.41) is 2.15. The van der Waals surface area contributed by atoms with Gasteiger partial charge in [-0.3, -0.25) is 19.2 Å². The van der Waals surface area contributed by atoms with E-state index in [2.05, 4.69) is 14.8 Å². The smallest absolute Gasteiger partial charge is 0.416 e. The van der Waals surface area contributed by atoms with Gasteiger partial charge in [-0.05, 0) is 18.2 Å². The molecule has 1 aromatic rings. The van der Waals surface area contributed by atoms with Crippen LogP contribution in [-0.2, 0) is 30.0 Å². The molecular formula is C17H19F3N2O6. The highest BCUT2D eigenvalue weighted by Crippen LogP contribution is 2.29. The van der Waals surface area contributed by atoms with Gasteiger partial charge in [-0.25, -0.2) is 0 Å². The predicted octanol–water partition coefficient (Wildman–Crippen LogP) is 0.887. The summed E-state index contributed by atoms with van der Waals surface area (Å²) in [5.74, 6) is -7.00. The second-order valence-corrected chi connectivity index (χ2v) is 5.82. The van der Waals surface area contributed by atoms with Crippen molar-refractivity contribution in [3.8, 4) is 0 Å². The minimum atomic E-state index is -4.67. The number of benzene rings is 1. The fraction of sp³-hybridized carbons (Fsp3) is 0.412. The lowest BCUT2D eigenvalue weighted by molar-refractivity contribution is -0.162. The number of alkyl halides is 3. The van der Waals surface area contributed by atoms with Gasteiger partial charge in [0.2, 0.25) is 5.91 Å². The SMILES string of the molecule is COC(=O)C(C(=O)OC)[C@H](C)[C@H](NC(=O)c1cccc(C(F)(F)F)c1)C(N)=O. The predicted molar refractivity (Wildman–Crippen MR) is 88.6 cm³/mol. The van der Waals surface area contributed by atoms with Crippen molar-refractivity contribution >= 4 is 23.8 Å². The number of nitrogens with two attached hydrogens (primary N) is 1. The van der Waals surface area contributed by atoms with E-state index in [0.717, 1.165) is 32.4 Å². The van der Waals surface area contributed by atoms with Gasteiger partial charge in [0, 0.05) is 11.5 Å². The number of carbonyl (C=O) groups is 4. The maximum atomic E-state index is 12.8.